The van der Waals surface area contributed by atoms with Crippen LogP contribution in [0.3, 0.4) is 0 Å². The molecule has 3 unspecified atom stereocenters. The molecule has 134 valence electrons. The number of nitrogens with one attached hydrogen (secondary N) is 1. The number of benzene rings is 1. The third-order valence-corrected chi connectivity index (χ3v) is 4.54. The molecule has 0 bridgehead atoms. The summed E-state index contributed by atoms with van der Waals surface area (Å²) >= 11 is 0. The zero-order chi connectivity index (χ0) is 18.3. The number of nitrogens with zero attached hydrogens (tertiary/aromatic N) is 1. The first kappa shape index (κ1) is 16.4. The lowest BCUT2D eigenvalue weighted by Crippen LogP contribution is -2.49. The van der Waals surface area contributed by atoms with Gasteiger partial charge < -0.3 is 18.8 Å². The Balaban J connectivity index is 1.81. The molecular formula is C19H18N2O5. The zero-order valence-corrected chi connectivity index (χ0v) is 14.3. The summed E-state index contributed by atoms with van der Waals surface area (Å²) in [5, 5.41) is 3.18. The second-order valence-corrected chi connectivity index (χ2v) is 6.15. The molecule has 2 aromatic rings. The molecule has 4 rings (SSSR count). The molecule has 7 nitrogen and oxygen atoms in total. The summed E-state index contributed by atoms with van der Waals surface area (Å²) in [4.78, 5) is 23.8. The summed E-state index contributed by atoms with van der Waals surface area (Å²) in [6.07, 6.45) is 0.575. The van der Waals surface area contributed by atoms with Gasteiger partial charge in [0.05, 0.1) is 12.8 Å². The largest absolute Gasteiger partial charge is 0.497 e. The minimum absolute atomic E-state index is 0.0850. The smallest absolute Gasteiger partial charge is 0.333 e. The van der Waals surface area contributed by atoms with Gasteiger partial charge in [0.25, 0.3) is 0 Å². The van der Waals surface area contributed by atoms with Crippen LogP contribution in [0.1, 0.15) is 24.9 Å². The van der Waals surface area contributed by atoms with E-state index in [9.17, 15) is 9.59 Å². The van der Waals surface area contributed by atoms with Crippen LogP contribution < -0.4 is 10.1 Å². The molecule has 3 atom stereocenters. The SMILES string of the molecule is COc1ccc(-c2ccc3n2C2OC(=O)/C=C/C(=O)OC2NC3C)cc1. The van der Waals surface area contributed by atoms with E-state index in [0.717, 1.165) is 34.9 Å². The molecule has 1 aromatic carbocycles. The summed E-state index contributed by atoms with van der Waals surface area (Å²) in [5.74, 6) is -0.421. The van der Waals surface area contributed by atoms with Crippen LogP contribution in [-0.4, -0.2) is 29.8 Å². The minimum Gasteiger partial charge on any atom is -0.497 e. The second-order valence-electron chi connectivity index (χ2n) is 6.15. The van der Waals surface area contributed by atoms with Crippen molar-refractivity contribution >= 4 is 11.9 Å². The topological polar surface area (TPSA) is 78.8 Å². The zero-order valence-electron chi connectivity index (χ0n) is 14.3. The van der Waals surface area contributed by atoms with Crippen LogP contribution in [-0.2, 0) is 19.1 Å². The first-order chi connectivity index (χ1) is 12.6. The van der Waals surface area contributed by atoms with Gasteiger partial charge in [-0.05, 0) is 48.9 Å². The predicted molar refractivity (Wildman–Crippen MR) is 92.1 cm³/mol. The quantitative estimate of drug-likeness (QED) is 0.834. The molecule has 0 saturated carbocycles. The van der Waals surface area contributed by atoms with E-state index in [-0.39, 0.29) is 6.04 Å². The highest BCUT2D eigenvalue weighted by Gasteiger charge is 2.39. The van der Waals surface area contributed by atoms with Crippen LogP contribution in [0.25, 0.3) is 11.3 Å². The lowest BCUT2D eigenvalue weighted by Gasteiger charge is -2.38. The van der Waals surface area contributed by atoms with E-state index in [0.29, 0.717) is 0 Å². The summed E-state index contributed by atoms with van der Waals surface area (Å²) in [7, 11) is 1.61. The maximum Gasteiger partial charge on any atom is 0.333 e. The highest BCUT2D eigenvalue weighted by Crippen LogP contribution is 2.36. The second kappa shape index (κ2) is 6.34. The molecule has 0 fully saturated rings. The first-order valence-corrected chi connectivity index (χ1v) is 8.28. The maximum absolute atomic E-state index is 12.0. The van der Waals surface area contributed by atoms with Crippen molar-refractivity contribution in [2.24, 2.45) is 0 Å². The van der Waals surface area contributed by atoms with Gasteiger partial charge in [0.15, 0.2) is 0 Å². The Hall–Kier alpha value is -3.06. The van der Waals surface area contributed by atoms with Crippen LogP contribution in [0.4, 0.5) is 0 Å². The van der Waals surface area contributed by atoms with Gasteiger partial charge in [-0.15, -0.1) is 0 Å². The van der Waals surface area contributed by atoms with Crippen LogP contribution >= 0.6 is 0 Å². The monoisotopic (exact) mass is 354 g/mol. The van der Waals surface area contributed by atoms with Crippen molar-refractivity contribution in [3.63, 3.8) is 0 Å². The van der Waals surface area contributed by atoms with Gasteiger partial charge in [0.2, 0.25) is 12.5 Å². The van der Waals surface area contributed by atoms with Gasteiger partial charge in [-0.25, -0.2) is 9.59 Å². The molecule has 7 heteroatoms. The number of hydrogen-bond donors (Lipinski definition) is 1. The Morgan fingerprint density at radius 3 is 2.38 bits per heavy atom. The summed E-state index contributed by atoms with van der Waals surface area (Å²) in [6, 6.07) is 11.4. The Morgan fingerprint density at radius 2 is 1.69 bits per heavy atom. The van der Waals surface area contributed by atoms with Crippen molar-refractivity contribution in [1.82, 2.24) is 9.88 Å². The molecule has 2 aliphatic rings. The third kappa shape index (κ3) is 2.76. The molecular weight excluding hydrogens is 336 g/mol. The Labute approximate surface area is 150 Å². The van der Waals surface area contributed by atoms with E-state index in [1.807, 2.05) is 47.9 Å². The van der Waals surface area contributed by atoms with Gasteiger partial charge in [-0.3, -0.25) is 5.32 Å². The van der Waals surface area contributed by atoms with Crippen LogP contribution in [0, 0.1) is 0 Å². The highest BCUT2D eigenvalue weighted by atomic mass is 16.6. The average molecular weight is 354 g/mol. The van der Waals surface area contributed by atoms with E-state index < -0.39 is 24.4 Å². The van der Waals surface area contributed by atoms with Crippen LogP contribution in [0.5, 0.6) is 5.75 Å². The van der Waals surface area contributed by atoms with Crippen molar-refractivity contribution in [3.8, 4) is 17.0 Å². The van der Waals surface area contributed by atoms with Gasteiger partial charge in [0.1, 0.15) is 5.75 Å². The Morgan fingerprint density at radius 1 is 1.00 bits per heavy atom. The Bertz CT molecular complexity index is 884. The molecule has 3 heterocycles. The molecule has 0 spiro atoms. The van der Waals surface area contributed by atoms with E-state index in [1.165, 1.54) is 0 Å². The average Bonchev–Trinajstić information content (AvgIpc) is 3.08. The van der Waals surface area contributed by atoms with Crippen molar-refractivity contribution in [2.75, 3.05) is 7.11 Å². The summed E-state index contributed by atoms with van der Waals surface area (Å²) in [5.41, 5.74) is 2.73. The number of hydrogen-bond acceptors (Lipinski definition) is 6. The number of aromatic nitrogens is 1. The van der Waals surface area contributed by atoms with Crippen LogP contribution in [0.2, 0.25) is 0 Å². The van der Waals surface area contributed by atoms with Gasteiger partial charge in [-0.2, -0.15) is 0 Å². The van der Waals surface area contributed by atoms with E-state index in [1.54, 1.807) is 7.11 Å². The van der Waals surface area contributed by atoms with E-state index in [4.69, 9.17) is 14.2 Å². The van der Waals surface area contributed by atoms with Crippen LogP contribution in [0.15, 0.2) is 48.6 Å². The lowest BCUT2D eigenvalue weighted by molar-refractivity contribution is -0.179. The number of methoxy groups -OCH3 is 1. The molecule has 0 amide bonds. The number of fused-ring (bicyclic) bond motifs is 3. The van der Waals surface area contributed by atoms with Gasteiger partial charge >= 0.3 is 11.9 Å². The Kier molecular flexibility index (Phi) is 4.00. The number of esters is 2. The molecule has 0 aliphatic carbocycles. The number of ether oxygens (including phenoxy) is 3. The summed E-state index contributed by atoms with van der Waals surface area (Å²) < 4.78 is 18.1. The molecule has 0 radical (unpaired) electrons. The molecule has 26 heavy (non-hydrogen) atoms. The standard InChI is InChI=1S/C19H18N2O5/c1-11-14-7-8-15(12-3-5-13(24-2)6-4-12)21(14)19-18(20-11)25-16(22)9-10-17(23)26-19/h3-11,18-20H,1-2H3/b10-9+. The fraction of sp³-hybridized carbons (Fsp3) is 0.263. The fourth-order valence-corrected chi connectivity index (χ4v) is 3.31. The molecule has 0 saturated heterocycles. The third-order valence-electron chi connectivity index (χ3n) is 4.54. The van der Waals surface area contributed by atoms with Crippen molar-refractivity contribution in [1.29, 1.82) is 0 Å². The van der Waals surface area contributed by atoms with E-state index in [2.05, 4.69) is 5.32 Å². The van der Waals surface area contributed by atoms with Crippen molar-refractivity contribution in [2.45, 2.75) is 25.4 Å². The van der Waals surface area contributed by atoms with Crippen molar-refractivity contribution in [3.05, 3.63) is 54.2 Å². The minimum atomic E-state index is -0.797. The van der Waals surface area contributed by atoms with Crippen molar-refractivity contribution < 1.29 is 23.8 Å². The highest BCUT2D eigenvalue weighted by molar-refractivity contribution is 5.92. The predicted octanol–water partition coefficient (Wildman–Crippen LogP) is 2.31. The maximum atomic E-state index is 12.0. The lowest BCUT2D eigenvalue weighted by atomic mass is 10.1. The van der Waals surface area contributed by atoms with Gasteiger partial charge in [0, 0.05) is 23.9 Å². The first-order valence-electron chi connectivity index (χ1n) is 8.28. The molecule has 1 N–H and O–H groups in total. The number of carbonyl (C=O) groups excluding carboxylic acids is 2. The fourth-order valence-electron chi connectivity index (χ4n) is 3.31. The van der Waals surface area contributed by atoms with E-state index >= 15 is 0 Å². The van der Waals surface area contributed by atoms with Gasteiger partial charge in [-0.1, -0.05) is 0 Å². The molecule has 2 aliphatic heterocycles. The number of rotatable bonds is 2. The molecule has 1 aromatic heterocycles. The number of carbonyl (C=O) groups is 2. The normalized spacial score (nSPS) is 25.8. The summed E-state index contributed by atoms with van der Waals surface area (Å²) in [6.45, 7) is 1.96.